The van der Waals surface area contributed by atoms with Gasteiger partial charge in [0.25, 0.3) is 5.91 Å². The Bertz CT molecular complexity index is 1080. The number of amides is 1. The molecule has 0 aliphatic carbocycles. The van der Waals surface area contributed by atoms with E-state index in [1.807, 2.05) is 73.1 Å². The maximum Gasteiger partial charge on any atom is 0.255 e. The fourth-order valence-electron chi connectivity index (χ4n) is 3.07. The standard InChI is InChI=1S/C20H19N5O/c1-14-16(12-22-25(14)15-8-4-3-5-9-15)20(26)21-13-19-23-17-10-6-7-11-18(17)24(19)2/h3-12H,13H2,1-2H3,(H,21,26). The van der Waals surface area contributed by atoms with Gasteiger partial charge in [-0.25, -0.2) is 9.67 Å². The average molecular weight is 345 g/mol. The first-order valence-electron chi connectivity index (χ1n) is 8.43. The van der Waals surface area contributed by atoms with Crippen LogP contribution in [-0.4, -0.2) is 25.2 Å². The summed E-state index contributed by atoms with van der Waals surface area (Å²) in [5.41, 5.74) is 4.27. The van der Waals surface area contributed by atoms with Crippen molar-refractivity contribution in [3.05, 3.63) is 77.9 Å². The molecule has 0 spiro atoms. The van der Waals surface area contributed by atoms with Gasteiger partial charge in [-0.05, 0) is 31.2 Å². The van der Waals surface area contributed by atoms with E-state index in [0.29, 0.717) is 12.1 Å². The van der Waals surface area contributed by atoms with Crippen LogP contribution in [0.4, 0.5) is 0 Å². The molecule has 0 atom stereocenters. The first kappa shape index (κ1) is 16.1. The van der Waals surface area contributed by atoms with Crippen molar-refractivity contribution in [3.63, 3.8) is 0 Å². The van der Waals surface area contributed by atoms with Crippen LogP contribution in [0.3, 0.4) is 0 Å². The summed E-state index contributed by atoms with van der Waals surface area (Å²) in [7, 11) is 1.95. The zero-order valence-electron chi connectivity index (χ0n) is 14.7. The van der Waals surface area contributed by atoms with E-state index in [2.05, 4.69) is 15.4 Å². The lowest BCUT2D eigenvalue weighted by Crippen LogP contribution is -2.24. The van der Waals surface area contributed by atoms with Gasteiger partial charge >= 0.3 is 0 Å². The number of hydrogen-bond donors (Lipinski definition) is 1. The molecule has 2 aromatic carbocycles. The summed E-state index contributed by atoms with van der Waals surface area (Å²) >= 11 is 0. The van der Waals surface area contributed by atoms with Crippen molar-refractivity contribution in [2.24, 2.45) is 7.05 Å². The third kappa shape index (κ3) is 2.75. The van der Waals surface area contributed by atoms with Gasteiger partial charge in [-0.1, -0.05) is 30.3 Å². The van der Waals surface area contributed by atoms with Gasteiger partial charge in [0.05, 0.1) is 40.7 Å². The quantitative estimate of drug-likeness (QED) is 0.618. The van der Waals surface area contributed by atoms with Gasteiger partial charge in [0.1, 0.15) is 5.82 Å². The van der Waals surface area contributed by atoms with E-state index in [-0.39, 0.29) is 5.91 Å². The molecular weight excluding hydrogens is 326 g/mol. The average Bonchev–Trinajstić information content (AvgIpc) is 3.21. The van der Waals surface area contributed by atoms with Crippen molar-refractivity contribution in [2.45, 2.75) is 13.5 Å². The van der Waals surface area contributed by atoms with Gasteiger partial charge in [-0.2, -0.15) is 5.10 Å². The highest BCUT2D eigenvalue weighted by atomic mass is 16.1. The summed E-state index contributed by atoms with van der Waals surface area (Å²) in [5, 5.41) is 7.30. The number of fused-ring (bicyclic) bond motifs is 1. The van der Waals surface area contributed by atoms with Gasteiger partial charge in [-0.3, -0.25) is 4.79 Å². The summed E-state index contributed by atoms with van der Waals surface area (Å²) in [4.78, 5) is 17.2. The molecule has 6 nitrogen and oxygen atoms in total. The van der Waals surface area contributed by atoms with E-state index in [0.717, 1.165) is 28.2 Å². The molecule has 2 heterocycles. The molecule has 4 rings (SSSR count). The Hall–Kier alpha value is -3.41. The van der Waals surface area contributed by atoms with Crippen molar-refractivity contribution < 1.29 is 4.79 Å². The molecule has 1 N–H and O–H groups in total. The van der Waals surface area contributed by atoms with Gasteiger partial charge in [0.15, 0.2) is 0 Å². The number of nitrogens with one attached hydrogen (secondary N) is 1. The maximum absolute atomic E-state index is 12.6. The molecule has 130 valence electrons. The molecule has 2 aromatic heterocycles. The van der Waals surface area contributed by atoms with Crippen molar-refractivity contribution in [3.8, 4) is 5.69 Å². The molecule has 0 unspecified atom stereocenters. The van der Waals surface area contributed by atoms with E-state index in [1.165, 1.54) is 0 Å². The lowest BCUT2D eigenvalue weighted by molar-refractivity contribution is 0.0949. The summed E-state index contributed by atoms with van der Waals surface area (Å²) in [6, 6.07) is 17.7. The fraction of sp³-hybridized carbons (Fsp3) is 0.150. The van der Waals surface area contributed by atoms with Gasteiger partial charge in [0, 0.05) is 7.05 Å². The predicted octanol–water partition coefficient (Wildman–Crippen LogP) is 3.00. The zero-order chi connectivity index (χ0) is 18.1. The molecule has 0 bridgehead atoms. The second-order valence-corrected chi connectivity index (χ2v) is 6.15. The number of hydrogen-bond acceptors (Lipinski definition) is 3. The largest absolute Gasteiger partial charge is 0.345 e. The van der Waals surface area contributed by atoms with Gasteiger partial charge in [-0.15, -0.1) is 0 Å². The molecule has 0 radical (unpaired) electrons. The van der Waals surface area contributed by atoms with Crippen molar-refractivity contribution in [1.29, 1.82) is 0 Å². The molecule has 1 amide bonds. The molecule has 0 saturated heterocycles. The lowest BCUT2D eigenvalue weighted by Gasteiger charge is -2.07. The number of para-hydroxylation sites is 3. The normalized spacial score (nSPS) is 11.0. The van der Waals surface area contributed by atoms with Crippen LogP contribution in [-0.2, 0) is 13.6 Å². The Morgan fingerprint density at radius 1 is 1.08 bits per heavy atom. The SMILES string of the molecule is Cc1c(C(=O)NCc2nc3ccccc3n2C)cnn1-c1ccccc1. The van der Waals surface area contributed by atoms with E-state index in [1.54, 1.807) is 10.9 Å². The van der Waals surface area contributed by atoms with Crippen LogP contribution in [0.25, 0.3) is 16.7 Å². The van der Waals surface area contributed by atoms with E-state index < -0.39 is 0 Å². The van der Waals surface area contributed by atoms with Crippen molar-refractivity contribution >= 4 is 16.9 Å². The zero-order valence-corrected chi connectivity index (χ0v) is 14.7. The number of benzene rings is 2. The number of aryl methyl sites for hydroxylation is 1. The van der Waals surface area contributed by atoms with Crippen molar-refractivity contribution in [2.75, 3.05) is 0 Å². The second kappa shape index (κ2) is 6.48. The molecule has 0 aliphatic heterocycles. The Balaban J connectivity index is 1.54. The topological polar surface area (TPSA) is 64.7 Å². The minimum absolute atomic E-state index is 0.156. The molecular formula is C20H19N5O. The maximum atomic E-state index is 12.6. The summed E-state index contributed by atoms with van der Waals surface area (Å²) in [5.74, 6) is 0.657. The minimum Gasteiger partial charge on any atom is -0.345 e. The number of carbonyl (C=O) groups is 1. The first-order valence-corrected chi connectivity index (χ1v) is 8.43. The van der Waals surface area contributed by atoms with Crippen LogP contribution in [0.1, 0.15) is 21.9 Å². The highest BCUT2D eigenvalue weighted by molar-refractivity contribution is 5.95. The molecule has 0 saturated carbocycles. The first-order chi connectivity index (χ1) is 12.6. The molecule has 26 heavy (non-hydrogen) atoms. The van der Waals surface area contributed by atoms with Crippen LogP contribution in [0, 0.1) is 6.92 Å². The second-order valence-electron chi connectivity index (χ2n) is 6.15. The Morgan fingerprint density at radius 3 is 2.58 bits per heavy atom. The monoisotopic (exact) mass is 345 g/mol. The van der Waals surface area contributed by atoms with E-state index >= 15 is 0 Å². The number of rotatable bonds is 4. The third-order valence-corrected chi connectivity index (χ3v) is 4.54. The summed E-state index contributed by atoms with van der Waals surface area (Å²) in [6.07, 6.45) is 1.60. The number of nitrogens with zero attached hydrogens (tertiary/aromatic N) is 4. The summed E-state index contributed by atoms with van der Waals surface area (Å²) in [6.45, 7) is 2.25. The third-order valence-electron chi connectivity index (χ3n) is 4.54. The number of aromatic nitrogens is 4. The summed E-state index contributed by atoms with van der Waals surface area (Å²) < 4.78 is 3.76. The van der Waals surface area contributed by atoms with Crippen LogP contribution < -0.4 is 5.32 Å². The van der Waals surface area contributed by atoms with Crippen LogP contribution >= 0.6 is 0 Å². The smallest absolute Gasteiger partial charge is 0.255 e. The van der Waals surface area contributed by atoms with Crippen LogP contribution in [0.2, 0.25) is 0 Å². The van der Waals surface area contributed by atoms with E-state index in [9.17, 15) is 4.79 Å². The highest BCUT2D eigenvalue weighted by Gasteiger charge is 2.16. The van der Waals surface area contributed by atoms with E-state index in [4.69, 9.17) is 0 Å². The lowest BCUT2D eigenvalue weighted by atomic mass is 10.2. The van der Waals surface area contributed by atoms with Crippen LogP contribution in [0.15, 0.2) is 60.8 Å². The number of carbonyl (C=O) groups excluding carboxylic acids is 1. The highest BCUT2D eigenvalue weighted by Crippen LogP contribution is 2.16. The minimum atomic E-state index is -0.156. The Morgan fingerprint density at radius 2 is 1.81 bits per heavy atom. The Kier molecular flexibility index (Phi) is 4.01. The van der Waals surface area contributed by atoms with Crippen LogP contribution in [0.5, 0.6) is 0 Å². The molecule has 4 aromatic rings. The predicted molar refractivity (Wildman–Crippen MR) is 100 cm³/mol. The van der Waals surface area contributed by atoms with Crippen molar-refractivity contribution in [1.82, 2.24) is 24.6 Å². The Labute approximate surface area is 151 Å². The van der Waals surface area contributed by atoms with Gasteiger partial charge in [0.2, 0.25) is 0 Å². The molecule has 6 heteroatoms. The molecule has 0 fully saturated rings. The van der Waals surface area contributed by atoms with Gasteiger partial charge < -0.3 is 9.88 Å². The fourth-order valence-corrected chi connectivity index (χ4v) is 3.07. The number of imidazole rings is 1. The molecule has 0 aliphatic rings.